The van der Waals surface area contributed by atoms with E-state index in [0.29, 0.717) is 6.42 Å². The first-order chi connectivity index (χ1) is 9.56. The van der Waals surface area contributed by atoms with Crippen LogP contribution in [0.2, 0.25) is 0 Å². The number of rotatable bonds is 10. The van der Waals surface area contributed by atoms with Gasteiger partial charge in [0.25, 0.3) is 0 Å². The third-order valence-electron chi connectivity index (χ3n) is 3.09. The van der Waals surface area contributed by atoms with E-state index in [0.717, 1.165) is 25.7 Å². The first-order valence-corrected chi connectivity index (χ1v) is 7.30. The maximum Gasteiger partial charge on any atom is 0.327 e. The number of nitriles is 1. The molecule has 0 N–H and O–H groups in total. The summed E-state index contributed by atoms with van der Waals surface area (Å²) < 4.78 is 9.82. The lowest BCUT2D eigenvalue weighted by Gasteiger charge is -2.23. The highest BCUT2D eigenvalue weighted by Gasteiger charge is 2.42. The van der Waals surface area contributed by atoms with Crippen LogP contribution in [0.15, 0.2) is 0 Å². The summed E-state index contributed by atoms with van der Waals surface area (Å²) in [7, 11) is 0. The van der Waals surface area contributed by atoms with Gasteiger partial charge in [-0.25, -0.2) is 0 Å². The van der Waals surface area contributed by atoms with Crippen molar-refractivity contribution in [2.45, 2.75) is 59.3 Å². The van der Waals surface area contributed by atoms with Crippen LogP contribution in [-0.2, 0) is 19.1 Å². The van der Waals surface area contributed by atoms with E-state index in [1.54, 1.807) is 13.8 Å². The number of hydrogen-bond acceptors (Lipinski definition) is 5. The first kappa shape index (κ1) is 18.4. The normalized spacial score (nSPS) is 13.1. The molecular formula is C15H25NO4. The van der Waals surface area contributed by atoms with Gasteiger partial charge in [-0.05, 0) is 20.3 Å². The van der Waals surface area contributed by atoms with Crippen LogP contribution in [-0.4, -0.2) is 25.2 Å². The summed E-state index contributed by atoms with van der Waals surface area (Å²) >= 11 is 0. The number of esters is 2. The molecule has 20 heavy (non-hydrogen) atoms. The molecule has 0 aromatic rings. The van der Waals surface area contributed by atoms with Crippen molar-refractivity contribution in [3.05, 3.63) is 0 Å². The molecular weight excluding hydrogens is 258 g/mol. The van der Waals surface area contributed by atoms with Gasteiger partial charge in [0.05, 0.1) is 25.7 Å². The second-order valence-electron chi connectivity index (χ2n) is 4.71. The van der Waals surface area contributed by atoms with Gasteiger partial charge in [-0.2, -0.15) is 5.26 Å². The third kappa shape index (κ3) is 6.05. The SMILES string of the molecule is CCCCCCC(C#N)(CC(=O)OCC)C(=O)OCC. The topological polar surface area (TPSA) is 76.4 Å². The lowest BCUT2D eigenvalue weighted by atomic mass is 9.80. The number of unbranched alkanes of at least 4 members (excludes halogenated alkanes) is 3. The van der Waals surface area contributed by atoms with Gasteiger partial charge in [-0.15, -0.1) is 0 Å². The molecule has 0 aliphatic heterocycles. The molecule has 1 unspecified atom stereocenters. The second kappa shape index (κ2) is 10.2. The Hall–Kier alpha value is -1.57. The van der Waals surface area contributed by atoms with Crippen LogP contribution in [0.25, 0.3) is 0 Å². The summed E-state index contributed by atoms with van der Waals surface area (Å²) in [6.45, 7) is 5.89. The Morgan fingerprint density at radius 1 is 1.05 bits per heavy atom. The minimum Gasteiger partial charge on any atom is -0.466 e. The van der Waals surface area contributed by atoms with Gasteiger partial charge in [-0.1, -0.05) is 32.6 Å². The molecule has 0 saturated carbocycles. The van der Waals surface area contributed by atoms with Crippen LogP contribution >= 0.6 is 0 Å². The van der Waals surface area contributed by atoms with Crippen molar-refractivity contribution in [1.82, 2.24) is 0 Å². The molecule has 0 fully saturated rings. The summed E-state index contributed by atoms with van der Waals surface area (Å²) in [6, 6.07) is 1.99. The van der Waals surface area contributed by atoms with E-state index in [9.17, 15) is 14.9 Å². The predicted octanol–water partition coefficient (Wildman–Crippen LogP) is 2.98. The van der Waals surface area contributed by atoms with Gasteiger partial charge in [-0.3, -0.25) is 9.59 Å². The third-order valence-corrected chi connectivity index (χ3v) is 3.09. The first-order valence-electron chi connectivity index (χ1n) is 7.30. The highest BCUT2D eigenvalue weighted by atomic mass is 16.5. The smallest absolute Gasteiger partial charge is 0.327 e. The maximum atomic E-state index is 12.0. The molecule has 5 heteroatoms. The molecule has 114 valence electrons. The fourth-order valence-corrected chi connectivity index (χ4v) is 1.98. The van der Waals surface area contributed by atoms with E-state index in [-0.39, 0.29) is 19.6 Å². The Kier molecular flexibility index (Phi) is 9.44. The van der Waals surface area contributed by atoms with E-state index >= 15 is 0 Å². The zero-order chi connectivity index (χ0) is 15.4. The van der Waals surface area contributed by atoms with Gasteiger partial charge < -0.3 is 9.47 Å². The Bertz CT molecular complexity index is 348. The molecule has 1 atom stereocenters. The van der Waals surface area contributed by atoms with Crippen molar-refractivity contribution in [2.24, 2.45) is 5.41 Å². The molecule has 0 aliphatic rings. The molecule has 0 spiro atoms. The van der Waals surface area contributed by atoms with Crippen LogP contribution in [0.4, 0.5) is 0 Å². The minimum absolute atomic E-state index is 0.194. The van der Waals surface area contributed by atoms with E-state index in [2.05, 4.69) is 6.92 Å². The van der Waals surface area contributed by atoms with Crippen LogP contribution in [0.5, 0.6) is 0 Å². The predicted molar refractivity (Wildman–Crippen MR) is 74.7 cm³/mol. The molecule has 0 bridgehead atoms. The van der Waals surface area contributed by atoms with Gasteiger partial charge in [0.2, 0.25) is 0 Å². The lowest BCUT2D eigenvalue weighted by molar-refractivity contribution is -0.159. The number of carbonyl (C=O) groups is 2. The lowest BCUT2D eigenvalue weighted by Crippen LogP contribution is -2.34. The Morgan fingerprint density at radius 2 is 1.70 bits per heavy atom. The number of ether oxygens (including phenoxy) is 2. The summed E-state index contributed by atoms with van der Waals surface area (Å²) in [5.74, 6) is -1.15. The fraction of sp³-hybridized carbons (Fsp3) is 0.800. The highest BCUT2D eigenvalue weighted by molar-refractivity contribution is 5.86. The summed E-state index contributed by atoms with van der Waals surface area (Å²) in [6.07, 6.45) is 3.87. The van der Waals surface area contributed by atoms with E-state index in [1.165, 1.54) is 0 Å². The number of hydrogen-bond donors (Lipinski definition) is 0. The monoisotopic (exact) mass is 283 g/mol. The van der Waals surface area contributed by atoms with Crippen molar-refractivity contribution >= 4 is 11.9 Å². The Balaban J connectivity index is 4.84. The minimum atomic E-state index is -1.41. The molecule has 0 aliphatic carbocycles. The number of nitrogens with zero attached hydrogens (tertiary/aromatic N) is 1. The van der Waals surface area contributed by atoms with Crippen LogP contribution < -0.4 is 0 Å². The quantitative estimate of drug-likeness (QED) is 0.455. The van der Waals surface area contributed by atoms with Crippen molar-refractivity contribution < 1.29 is 19.1 Å². The van der Waals surface area contributed by atoms with Crippen molar-refractivity contribution in [3.8, 4) is 6.07 Å². The fourth-order valence-electron chi connectivity index (χ4n) is 1.98. The van der Waals surface area contributed by atoms with Gasteiger partial charge >= 0.3 is 11.9 Å². The zero-order valence-electron chi connectivity index (χ0n) is 12.7. The van der Waals surface area contributed by atoms with E-state index in [1.807, 2.05) is 6.07 Å². The Morgan fingerprint density at radius 3 is 2.20 bits per heavy atom. The van der Waals surface area contributed by atoms with Crippen molar-refractivity contribution in [3.63, 3.8) is 0 Å². The summed E-state index contributed by atoms with van der Waals surface area (Å²) in [5, 5.41) is 9.39. The van der Waals surface area contributed by atoms with E-state index in [4.69, 9.17) is 9.47 Å². The van der Waals surface area contributed by atoms with Gasteiger partial charge in [0.15, 0.2) is 5.41 Å². The highest BCUT2D eigenvalue weighted by Crippen LogP contribution is 2.31. The standard InChI is InChI=1S/C15H25NO4/c1-4-7-8-9-10-15(12-16,14(18)20-6-3)11-13(17)19-5-2/h4-11H2,1-3H3. The molecule has 0 amide bonds. The van der Waals surface area contributed by atoms with Crippen LogP contribution in [0.3, 0.4) is 0 Å². The van der Waals surface area contributed by atoms with Gasteiger partial charge in [0, 0.05) is 0 Å². The van der Waals surface area contributed by atoms with E-state index < -0.39 is 17.4 Å². The zero-order valence-corrected chi connectivity index (χ0v) is 12.7. The molecule has 0 heterocycles. The summed E-state index contributed by atoms with van der Waals surface area (Å²) in [4.78, 5) is 23.7. The average molecular weight is 283 g/mol. The average Bonchev–Trinajstić information content (AvgIpc) is 2.42. The molecule has 0 saturated heterocycles. The van der Waals surface area contributed by atoms with Crippen molar-refractivity contribution in [2.75, 3.05) is 13.2 Å². The largest absolute Gasteiger partial charge is 0.466 e. The second-order valence-corrected chi connectivity index (χ2v) is 4.71. The Labute approximate surface area is 121 Å². The van der Waals surface area contributed by atoms with Crippen LogP contribution in [0.1, 0.15) is 59.3 Å². The molecule has 0 rings (SSSR count). The van der Waals surface area contributed by atoms with Crippen molar-refractivity contribution in [1.29, 1.82) is 5.26 Å². The maximum absolute atomic E-state index is 12.0. The molecule has 0 radical (unpaired) electrons. The summed E-state index contributed by atoms with van der Waals surface area (Å²) in [5.41, 5.74) is -1.41. The number of carbonyl (C=O) groups excluding carboxylic acids is 2. The molecule has 0 aromatic heterocycles. The molecule has 0 aromatic carbocycles. The van der Waals surface area contributed by atoms with Crippen LogP contribution in [0, 0.1) is 16.7 Å². The van der Waals surface area contributed by atoms with Gasteiger partial charge in [0.1, 0.15) is 0 Å². The molecule has 5 nitrogen and oxygen atoms in total.